The Bertz CT molecular complexity index is 1530. The number of amides is 1. The summed E-state index contributed by atoms with van der Waals surface area (Å²) in [6, 6.07) is 17.5. The van der Waals surface area contributed by atoms with Crippen molar-refractivity contribution in [2.45, 2.75) is 25.5 Å². The molecule has 4 aromatic rings. The maximum atomic E-state index is 14.0. The minimum absolute atomic E-state index is 0.199. The van der Waals surface area contributed by atoms with Crippen molar-refractivity contribution in [1.29, 1.82) is 5.26 Å². The average Bonchev–Trinajstić information content (AvgIpc) is 2.91. The number of hydrogen-bond donors (Lipinski definition) is 1. The molecule has 2 aromatic heterocycles. The molecule has 1 aliphatic heterocycles. The van der Waals surface area contributed by atoms with Crippen molar-refractivity contribution in [2.24, 2.45) is 0 Å². The number of ether oxygens (including phenoxy) is 2. The second-order valence-electron chi connectivity index (χ2n) is 8.94. The molecule has 0 saturated heterocycles. The van der Waals surface area contributed by atoms with Gasteiger partial charge in [0.05, 0.1) is 49.8 Å². The highest BCUT2D eigenvalue weighted by molar-refractivity contribution is 5.94. The predicted octanol–water partition coefficient (Wildman–Crippen LogP) is 4.69. The van der Waals surface area contributed by atoms with E-state index in [1.807, 2.05) is 19.1 Å². The number of rotatable bonds is 5. The Hall–Kier alpha value is -4.35. The molecule has 5 rings (SSSR count). The van der Waals surface area contributed by atoms with Crippen LogP contribution >= 0.6 is 0 Å². The van der Waals surface area contributed by atoms with E-state index < -0.39 is 11.2 Å². The van der Waals surface area contributed by atoms with Crippen LogP contribution in [0.1, 0.15) is 34.1 Å². The lowest BCUT2D eigenvalue weighted by atomic mass is 9.79. The number of aromatic nitrogens is 2. The maximum Gasteiger partial charge on any atom is 0.251 e. The van der Waals surface area contributed by atoms with Gasteiger partial charge in [-0.05, 0) is 60.5 Å². The van der Waals surface area contributed by atoms with E-state index >= 15 is 0 Å². The van der Waals surface area contributed by atoms with E-state index in [1.165, 1.54) is 19.2 Å². The summed E-state index contributed by atoms with van der Waals surface area (Å²) in [5.41, 5.74) is 3.91. The van der Waals surface area contributed by atoms with Gasteiger partial charge in [0.25, 0.3) is 5.91 Å². The topological polar surface area (TPSA) is 97.1 Å². The van der Waals surface area contributed by atoms with Crippen LogP contribution in [0.25, 0.3) is 22.2 Å². The van der Waals surface area contributed by atoms with Gasteiger partial charge in [0, 0.05) is 28.8 Å². The highest BCUT2D eigenvalue weighted by atomic mass is 19.1. The fourth-order valence-corrected chi connectivity index (χ4v) is 4.31. The van der Waals surface area contributed by atoms with E-state index in [1.54, 1.807) is 36.5 Å². The van der Waals surface area contributed by atoms with Crippen LogP contribution in [0, 0.1) is 17.1 Å². The molecule has 1 atom stereocenters. The van der Waals surface area contributed by atoms with Crippen molar-refractivity contribution in [2.75, 3.05) is 13.7 Å². The molecule has 7 nitrogen and oxygen atoms in total. The third-order valence-corrected chi connectivity index (χ3v) is 6.32. The predicted molar refractivity (Wildman–Crippen MR) is 132 cm³/mol. The average molecular weight is 483 g/mol. The number of methoxy groups -OCH3 is 1. The van der Waals surface area contributed by atoms with Crippen molar-refractivity contribution >= 4 is 16.8 Å². The lowest BCUT2D eigenvalue weighted by Gasteiger charge is -2.30. The third-order valence-electron chi connectivity index (χ3n) is 6.32. The first kappa shape index (κ1) is 23.4. The SMILES string of the molecule is COc1cc(F)cc(-c2ccc3cnc(CNC(=O)c4ccc5c(c4)[C@](C)(C#N)COC5)cc3n2)c1. The summed E-state index contributed by atoms with van der Waals surface area (Å²) in [5, 5.41) is 13.3. The highest BCUT2D eigenvalue weighted by Gasteiger charge is 2.33. The monoisotopic (exact) mass is 482 g/mol. The van der Waals surface area contributed by atoms with E-state index in [0.717, 1.165) is 16.5 Å². The third kappa shape index (κ3) is 4.49. The van der Waals surface area contributed by atoms with E-state index in [0.29, 0.717) is 47.0 Å². The Labute approximate surface area is 207 Å². The van der Waals surface area contributed by atoms with E-state index in [4.69, 9.17) is 9.47 Å². The van der Waals surface area contributed by atoms with Crippen molar-refractivity contribution < 1.29 is 18.7 Å². The summed E-state index contributed by atoms with van der Waals surface area (Å²) in [5.74, 6) is -0.260. The Kier molecular flexibility index (Phi) is 6.08. The van der Waals surface area contributed by atoms with Gasteiger partial charge in [-0.25, -0.2) is 9.37 Å². The van der Waals surface area contributed by atoms with Crippen LogP contribution in [-0.4, -0.2) is 29.6 Å². The van der Waals surface area contributed by atoms with Crippen LogP contribution in [0.2, 0.25) is 0 Å². The van der Waals surface area contributed by atoms with Gasteiger partial charge in [-0.2, -0.15) is 5.26 Å². The molecular formula is C28H23FN4O3. The Morgan fingerprint density at radius 2 is 2.08 bits per heavy atom. The maximum absolute atomic E-state index is 14.0. The van der Waals surface area contributed by atoms with Crippen molar-refractivity contribution in [3.8, 4) is 23.1 Å². The van der Waals surface area contributed by atoms with Gasteiger partial charge >= 0.3 is 0 Å². The van der Waals surface area contributed by atoms with Gasteiger partial charge in [-0.3, -0.25) is 9.78 Å². The zero-order chi connectivity index (χ0) is 25.3. The standard InChI is InChI=1S/C28H23FN4O3/c1-28(15-30)16-36-14-19-4-3-17(9-24(19)28)27(34)32-13-22-11-26-18(12-31-22)5-6-25(33-26)20-7-21(29)10-23(8-20)35-2/h3-12H,13-14,16H2,1-2H3,(H,32,34)/t28-/m1/s1. The van der Waals surface area contributed by atoms with Gasteiger partial charge in [0.1, 0.15) is 17.0 Å². The summed E-state index contributed by atoms with van der Waals surface area (Å²) in [6.45, 7) is 2.73. The second-order valence-corrected chi connectivity index (χ2v) is 8.94. The summed E-state index contributed by atoms with van der Waals surface area (Å²) in [4.78, 5) is 22.0. The van der Waals surface area contributed by atoms with Crippen molar-refractivity contribution in [3.63, 3.8) is 0 Å². The first-order chi connectivity index (χ1) is 17.4. The number of fused-ring (bicyclic) bond motifs is 2. The van der Waals surface area contributed by atoms with Crippen LogP contribution in [-0.2, 0) is 23.3 Å². The number of halogens is 1. The van der Waals surface area contributed by atoms with Crippen LogP contribution < -0.4 is 10.1 Å². The smallest absolute Gasteiger partial charge is 0.251 e. The number of benzene rings is 2. The minimum Gasteiger partial charge on any atom is -0.497 e. The fraction of sp³-hybridized carbons (Fsp3) is 0.214. The molecule has 0 bridgehead atoms. The molecule has 8 heteroatoms. The molecule has 0 saturated carbocycles. The van der Waals surface area contributed by atoms with Gasteiger partial charge in [-0.15, -0.1) is 0 Å². The number of carbonyl (C=O) groups is 1. The Balaban J connectivity index is 1.36. The van der Waals surface area contributed by atoms with E-state index in [-0.39, 0.29) is 12.5 Å². The lowest BCUT2D eigenvalue weighted by molar-refractivity contribution is 0.0757. The molecule has 0 unspecified atom stereocenters. The minimum atomic E-state index is -0.793. The highest BCUT2D eigenvalue weighted by Crippen LogP contribution is 2.32. The van der Waals surface area contributed by atoms with E-state index in [2.05, 4.69) is 21.4 Å². The molecular weight excluding hydrogens is 459 g/mol. The first-order valence-electron chi connectivity index (χ1n) is 11.4. The molecule has 36 heavy (non-hydrogen) atoms. The zero-order valence-electron chi connectivity index (χ0n) is 19.8. The van der Waals surface area contributed by atoms with Crippen LogP contribution in [0.5, 0.6) is 5.75 Å². The van der Waals surface area contributed by atoms with Crippen LogP contribution in [0.3, 0.4) is 0 Å². The van der Waals surface area contributed by atoms with Gasteiger partial charge in [0.15, 0.2) is 0 Å². The molecule has 180 valence electrons. The second kappa shape index (κ2) is 9.36. The van der Waals surface area contributed by atoms with Crippen LogP contribution in [0.4, 0.5) is 4.39 Å². The molecule has 1 aliphatic rings. The number of nitrogens with one attached hydrogen (secondary N) is 1. The van der Waals surface area contributed by atoms with Crippen molar-refractivity contribution in [3.05, 3.63) is 89.0 Å². The molecule has 2 aromatic carbocycles. The number of carbonyl (C=O) groups excluding carboxylic acids is 1. The van der Waals surface area contributed by atoms with E-state index in [9.17, 15) is 14.4 Å². The number of nitriles is 1. The van der Waals surface area contributed by atoms with Gasteiger partial charge < -0.3 is 14.8 Å². The Morgan fingerprint density at radius 3 is 2.89 bits per heavy atom. The normalized spacial score (nSPS) is 16.7. The molecule has 0 spiro atoms. The largest absolute Gasteiger partial charge is 0.497 e. The number of pyridine rings is 2. The Morgan fingerprint density at radius 1 is 1.22 bits per heavy atom. The molecule has 1 amide bonds. The molecule has 1 N–H and O–H groups in total. The number of hydrogen-bond acceptors (Lipinski definition) is 6. The fourth-order valence-electron chi connectivity index (χ4n) is 4.31. The summed E-state index contributed by atoms with van der Waals surface area (Å²) >= 11 is 0. The molecule has 0 radical (unpaired) electrons. The summed E-state index contributed by atoms with van der Waals surface area (Å²) < 4.78 is 24.7. The molecule has 3 heterocycles. The summed E-state index contributed by atoms with van der Waals surface area (Å²) in [6.07, 6.45) is 1.69. The quantitative estimate of drug-likeness (QED) is 0.443. The summed E-state index contributed by atoms with van der Waals surface area (Å²) in [7, 11) is 1.49. The lowest BCUT2D eigenvalue weighted by Crippen LogP contribution is -2.33. The van der Waals surface area contributed by atoms with Crippen molar-refractivity contribution in [1.82, 2.24) is 15.3 Å². The number of nitrogens with zero attached hydrogens (tertiary/aromatic N) is 3. The zero-order valence-corrected chi connectivity index (χ0v) is 19.8. The first-order valence-corrected chi connectivity index (χ1v) is 11.4. The molecule has 0 fully saturated rings. The van der Waals surface area contributed by atoms with Crippen LogP contribution in [0.15, 0.2) is 60.8 Å². The van der Waals surface area contributed by atoms with Gasteiger partial charge in [-0.1, -0.05) is 6.07 Å². The molecule has 0 aliphatic carbocycles. The van der Waals surface area contributed by atoms with Gasteiger partial charge in [0.2, 0.25) is 0 Å².